The van der Waals surface area contributed by atoms with E-state index < -0.39 is 0 Å². The fraction of sp³-hybridized carbons (Fsp3) is 0.556. The summed E-state index contributed by atoms with van der Waals surface area (Å²) in [6.45, 7) is 2.81. The number of ether oxygens (including phenoxy) is 2. The predicted molar refractivity (Wildman–Crippen MR) is 49.2 cm³/mol. The minimum absolute atomic E-state index is 0.245. The lowest BCUT2D eigenvalue weighted by atomic mass is 10.3. The predicted octanol–water partition coefficient (Wildman–Crippen LogP) is 0.447. The van der Waals surface area contributed by atoms with Gasteiger partial charge in [0.2, 0.25) is 0 Å². The Kier molecular flexibility index (Phi) is 2.84. The minimum Gasteiger partial charge on any atom is -0.377 e. The molecule has 13 heavy (non-hydrogen) atoms. The number of aromatic nitrogens is 1. The van der Waals surface area contributed by atoms with E-state index in [1.165, 1.54) is 0 Å². The van der Waals surface area contributed by atoms with Gasteiger partial charge in [0, 0.05) is 12.4 Å². The molecule has 0 unspecified atom stereocenters. The molecule has 1 aliphatic rings. The summed E-state index contributed by atoms with van der Waals surface area (Å²) in [5.41, 5.74) is 3.27. The summed E-state index contributed by atoms with van der Waals surface area (Å²) in [5.74, 6) is 0. The third-order valence-corrected chi connectivity index (χ3v) is 1.95. The Morgan fingerprint density at radius 2 is 1.69 bits per heavy atom. The van der Waals surface area contributed by atoms with E-state index in [4.69, 9.17) is 9.47 Å². The van der Waals surface area contributed by atoms with Crippen molar-refractivity contribution >= 4 is 0 Å². The van der Waals surface area contributed by atoms with Gasteiger partial charge < -0.3 is 14.9 Å². The summed E-state index contributed by atoms with van der Waals surface area (Å²) in [6, 6.07) is 4.20. The van der Waals surface area contributed by atoms with E-state index in [2.05, 4.69) is 5.43 Å². The number of rotatable bonds is 2. The molecular weight excluding hydrogens is 168 g/mol. The molecule has 0 radical (unpaired) electrons. The van der Waals surface area contributed by atoms with Crippen molar-refractivity contribution < 1.29 is 9.47 Å². The second-order valence-corrected chi connectivity index (χ2v) is 3.07. The molecule has 1 saturated heterocycles. The molecule has 72 valence electrons. The van der Waals surface area contributed by atoms with Gasteiger partial charge in [0.05, 0.1) is 32.5 Å². The molecule has 0 aliphatic carbocycles. The van der Waals surface area contributed by atoms with Crippen LogP contribution < -0.4 is 5.43 Å². The van der Waals surface area contributed by atoms with Crippen LogP contribution in [0.2, 0.25) is 0 Å². The first-order valence-corrected chi connectivity index (χ1v) is 4.50. The fourth-order valence-corrected chi connectivity index (χ4v) is 1.32. The molecule has 0 spiro atoms. The SMILES string of the molecule is c1ccn(NC2COCCOC2)c1. The van der Waals surface area contributed by atoms with E-state index in [1.807, 2.05) is 29.2 Å². The smallest absolute Gasteiger partial charge is 0.0890 e. The third kappa shape index (κ3) is 2.47. The van der Waals surface area contributed by atoms with Crippen molar-refractivity contribution in [3.8, 4) is 0 Å². The first-order valence-electron chi connectivity index (χ1n) is 4.50. The van der Waals surface area contributed by atoms with Crippen molar-refractivity contribution in [1.29, 1.82) is 0 Å². The molecule has 0 bridgehead atoms. The highest BCUT2D eigenvalue weighted by Gasteiger charge is 2.11. The maximum absolute atomic E-state index is 5.36. The third-order valence-electron chi connectivity index (χ3n) is 1.95. The topological polar surface area (TPSA) is 35.4 Å². The molecule has 0 amide bonds. The second-order valence-electron chi connectivity index (χ2n) is 3.07. The van der Waals surface area contributed by atoms with E-state index in [1.54, 1.807) is 0 Å². The van der Waals surface area contributed by atoms with Gasteiger partial charge in [0.25, 0.3) is 0 Å². The van der Waals surface area contributed by atoms with Crippen LogP contribution in [0, 0.1) is 0 Å². The molecule has 0 aromatic carbocycles. The summed E-state index contributed by atoms with van der Waals surface area (Å²) >= 11 is 0. The molecule has 1 fully saturated rings. The van der Waals surface area contributed by atoms with E-state index >= 15 is 0 Å². The van der Waals surface area contributed by atoms with Crippen LogP contribution in [0.1, 0.15) is 0 Å². The maximum atomic E-state index is 5.36. The quantitative estimate of drug-likeness (QED) is 0.721. The van der Waals surface area contributed by atoms with Crippen molar-refractivity contribution in [2.24, 2.45) is 0 Å². The van der Waals surface area contributed by atoms with Gasteiger partial charge in [-0.25, -0.2) is 0 Å². The fourth-order valence-electron chi connectivity index (χ4n) is 1.32. The van der Waals surface area contributed by atoms with Crippen LogP contribution in [0.5, 0.6) is 0 Å². The molecule has 1 aromatic heterocycles. The van der Waals surface area contributed by atoms with Gasteiger partial charge in [-0.1, -0.05) is 0 Å². The van der Waals surface area contributed by atoms with Gasteiger partial charge in [0.1, 0.15) is 0 Å². The molecule has 0 atom stereocenters. The highest BCUT2D eigenvalue weighted by molar-refractivity contribution is 4.95. The Labute approximate surface area is 77.4 Å². The molecular formula is C9H14N2O2. The van der Waals surface area contributed by atoms with Crippen molar-refractivity contribution in [1.82, 2.24) is 4.68 Å². The van der Waals surface area contributed by atoms with Gasteiger partial charge >= 0.3 is 0 Å². The van der Waals surface area contributed by atoms with Crippen molar-refractivity contribution in [2.45, 2.75) is 6.04 Å². The molecule has 2 rings (SSSR count). The average molecular weight is 182 g/mol. The van der Waals surface area contributed by atoms with Crippen LogP contribution >= 0.6 is 0 Å². The lowest BCUT2D eigenvalue weighted by molar-refractivity contribution is 0.103. The molecule has 4 heteroatoms. The Hall–Kier alpha value is -1.00. The largest absolute Gasteiger partial charge is 0.377 e. The average Bonchev–Trinajstić information content (AvgIpc) is 2.49. The monoisotopic (exact) mass is 182 g/mol. The van der Waals surface area contributed by atoms with Crippen LogP contribution in [-0.2, 0) is 9.47 Å². The maximum Gasteiger partial charge on any atom is 0.0890 e. The van der Waals surface area contributed by atoms with Crippen molar-refractivity contribution in [2.75, 3.05) is 31.9 Å². The van der Waals surface area contributed by atoms with Crippen LogP contribution in [0.25, 0.3) is 0 Å². The number of nitrogens with one attached hydrogen (secondary N) is 1. The highest BCUT2D eigenvalue weighted by Crippen LogP contribution is 1.97. The minimum atomic E-state index is 0.245. The molecule has 1 aromatic rings. The lowest BCUT2D eigenvalue weighted by Crippen LogP contribution is -2.33. The zero-order chi connectivity index (χ0) is 8.93. The Balaban J connectivity index is 1.86. The zero-order valence-electron chi connectivity index (χ0n) is 7.48. The van der Waals surface area contributed by atoms with Gasteiger partial charge in [-0.15, -0.1) is 0 Å². The lowest BCUT2D eigenvalue weighted by Gasteiger charge is -2.17. The summed E-state index contributed by atoms with van der Waals surface area (Å²) in [7, 11) is 0. The summed E-state index contributed by atoms with van der Waals surface area (Å²) in [4.78, 5) is 0. The summed E-state index contributed by atoms with van der Waals surface area (Å²) < 4.78 is 12.6. The standard InChI is InChI=1S/C9H14N2O2/c1-2-4-11(3-1)10-9-7-12-5-6-13-8-9/h1-4,9-10H,5-8H2. The Bertz CT molecular complexity index is 228. The molecule has 0 saturated carbocycles. The molecule has 4 nitrogen and oxygen atoms in total. The first-order chi connectivity index (χ1) is 6.45. The first kappa shape index (κ1) is 8.59. The van der Waals surface area contributed by atoms with Crippen molar-refractivity contribution in [3.05, 3.63) is 24.5 Å². The molecule has 1 aliphatic heterocycles. The van der Waals surface area contributed by atoms with Gasteiger partial charge in [0.15, 0.2) is 0 Å². The molecule has 2 heterocycles. The zero-order valence-corrected chi connectivity index (χ0v) is 7.48. The summed E-state index contributed by atoms with van der Waals surface area (Å²) in [5, 5.41) is 0. The van der Waals surface area contributed by atoms with Crippen molar-refractivity contribution in [3.63, 3.8) is 0 Å². The van der Waals surface area contributed by atoms with Gasteiger partial charge in [-0.05, 0) is 12.1 Å². The van der Waals surface area contributed by atoms with Crippen LogP contribution in [0.3, 0.4) is 0 Å². The normalized spacial score (nSPS) is 19.7. The summed E-state index contributed by atoms with van der Waals surface area (Å²) in [6.07, 6.45) is 3.93. The Morgan fingerprint density at radius 3 is 2.31 bits per heavy atom. The number of nitrogens with zero attached hydrogens (tertiary/aromatic N) is 1. The highest BCUT2D eigenvalue weighted by atomic mass is 16.5. The van der Waals surface area contributed by atoms with Crippen LogP contribution in [0.4, 0.5) is 0 Å². The van der Waals surface area contributed by atoms with Gasteiger partial charge in [-0.2, -0.15) is 0 Å². The molecule has 1 N–H and O–H groups in total. The van der Waals surface area contributed by atoms with Gasteiger partial charge in [-0.3, -0.25) is 4.68 Å². The Morgan fingerprint density at radius 1 is 1.08 bits per heavy atom. The second kappa shape index (κ2) is 4.30. The van der Waals surface area contributed by atoms with Crippen LogP contribution in [0.15, 0.2) is 24.5 Å². The van der Waals surface area contributed by atoms with Crippen LogP contribution in [-0.4, -0.2) is 37.1 Å². The van der Waals surface area contributed by atoms with E-state index in [0.29, 0.717) is 26.4 Å². The van der Waals surface area contributed by atoms with E-state index in [-0.39, 0.29) is 6.04 Å². The van der Waals surface area contributed by atoms with E-state index in [9.17, 15) is 0 Å². The number of hydrogen-bond donors (Lipinski definition) is 1. The number of hydrogen-bond acceptors (Lipinski definition) is 3. The van der Waals surface area contributed by atoms with E-state index in [0.717, 1.165) is 0 Å².